The molecular weight excluding hydrogens is 216 g/mol. The van der Waals surface area contributed by atoms with Crippen LogP contribution in [0.5, 0.6) is 11.5 Å². The van der Waals surface area contributed by atoms with Gasteiger partial charge in [0.2, 0.25) is 0 Å². The Kier molecular flexibility index (Phi) is 3.24. The third-order valence-electron chi connectivity index (χ3n) is 2.14. The zero-order chi connectivity index (χ0) is 11.6. The summed E-state index contributed by atoms with van der Waals surface area (Å²) < 4.78 is 23.1. The van der Waals surface area contributed by atoms with Crippen molar-refractivity contribution in [2.45, 2.75) is 24.9 Å². The SMILES string of the molecule is CC(C)S(=O)(=O)Cc1ccc(O)cc1O. The molecule has 0 aliphatic rings. The van der Waals surface area contributed by atoms with Crippen molar-refractivity contribution in [1.82, 2.24) is 0 Å². The summed E-state index contributed by atoms with van der Waals surface area (Å²) >= 11 is 0. The van der Waals surface area contributed by atoms with Crippen molar-refractivity contribution < 1.29 is 18.6 Å². The Balaban J connectivity index is 3.01. The molecule has 0 bridgehead atoms. The van der Waals surface area contributed by atoms with E-state index in [2.05, 4.69) is 0 Å². The maximum Gasteiger partial charge on any atom is 0.156 e. The lowest BCUT2D eigenvalue weighted by molar-refractivity contribution is 0.447. The van der Waals surface area contributed by atoms with Crippen LogP contribution in [0, 0.1) is 0 Å². The largest absolute Gasteiger partial charge is 0.508 e. The molecule has 4 nitrogen and oxygen atoms in total. The van der Waals surface area contributed by atoms with Crippen LogP contribution >= 0.6 is 0 Å². The lowest BCUT2D eigenvalue weighted by atomic mass is 10.2. The molecule has 0 aliphatic heterocycles. The average Bonchev–Trinajstić information content (AvgIpc) is 2.09. The second-order valence-corrected chi connectivity index (χ2v) is 6.23. The number of sulfone groups is 1. The third kappa shape index (κ3) is 2.86. The van der Waals surface area contributed by atoms with Gasteiger partial charge >= 0.3 is 0 Å². The number of benzene rings is 1. The molecular formula is C10H14O4S. The molecule has 0 saturated carbocycles. The van der Waals surface area contributed by atoms with Crippen LogP contribution < -0.4 is 0 Å². The number of rotatable bonds is 3. The van der Waals surface area contributed by atoms with Gasteiger partial charge in [0, 0.05) is 11.6 Å². The Morgan fingerprint density at radius 3 is 2.33 bits per heavy atom. The highest BCUT2D eigenvalue weighted by atomic mass is 32.2. The van der Waals surface area contributed by atoms with E-state index >= 15 is 0 Å². The van der Waals surface area contributed by atoms with Crippen LogP contribution in [-0.2, 0) is 15.6 Å². The minimum atomic E-state index is -3.23. The average molecular weight is 230 g/mol. The standard InChI is InChI=1S/C10H14O4S/c1-7(2)15(13,14)6-8-3-4-9(11)5-10(8)12/h3-5,7,11-12H,6H2,1-2H3. The Bertz CT molecular complexity index is 448. The van der Waals surface area contributed by atoms with E-state index in [0.29, 0.717) is 5.56 Å². The van der Waals surface area contributed by atoms with Gasteiger partial charge in [-0.3, -0.25) is 0 Å². The van der Waals surface area contributed by atoms with E-state index in [1.54, 1.807) is 13.8 Å². The van der Waals surface area contributed by atoms with Gasteiger partial charge in [-0.05, 0) is 19.9 Å². The van der Waals surface area contributed by atoms with Crippen LogP contribution in [0.2, 0.25) is 0 Å². The Hall–Kier alpha value is -1.23. The summed E-state index contributed by atoms with van der Waals surface area (Å²) in [6.45, 7) is 3.18. The van der Waals surface area contributed by atoms with E-state index in [4.69, 9.17) is 5.11 Å². The van der Waals surface area contributed by atoms with E-state index in [9.17, 15) is 13.5 Å². The van der Waals surface area contributed by atoms with Crippen molar-refractivity contribution in [2.24, 2.45) is 0 Å². The molecule has 0 saturated heterocycles. The first-order valence-electron chi connectivity index (χ1n) is 4.55. The molecule has 0 spiro atoms. The molecule has 1 aromatic carbocycles. The predicted molar refractivity (Wildman–Crippen MR) is 57.5 cm³/mol. The molecule has 0 radical (unpaired) electrons. The fourth-order valence-corrected chi connectivity index (χ4v) is 2.07. The van der Waals surface area contributed by atoms with Gasteiger partial charge in [0.15, 0.2) is 9.84 Å². The van der Waals surface area contributed by atoms with Gasteiger partial charge in [-0.2, -0.15) is 0 Å². The Morgan fingerprint density at radius 1 is 1.27 bits per heavy atom. The minimum absolute atomic E-state index is 0.0850. The van der Waals surface area contributed by atoms with Crippen LogP contribution in [0.15, 0.2) is 18.2 Å². The lowest BCUT2D eigenvalue weighted by Crippen LogP contribution is -2.16. The van der Waals surface area contributed by atoms with Gasteiger partial charge in [-0.25, -0.2) is 8.42 Å². The molecule has 0 amide bonds. The van der Waals surface area contributed by atoms with Gasteiger partial charge in [-0.15, -0.1) is 0 Å². The van der Waals surface area contributed by atoms with E-state index in [-0.39, 0.29) is 17.3 Å². The zero-order valence-corrected chi connectivity index (χ0v) is 9.45. The summed E-state index contributed by atoms with van der Waals surface area (Å²) in [5.74, 6) is -0.492. The van der Waals surface area contributed by atoms with Crippen molar-refractivity contribution in [1.29, 1.82) is 0 Å². The van der Waals surface area contributed by atoms with Crippen LogP contribution in [0.1, 0.15) is 19.4 Å². The van der Waals surface area contributed by atoms with E-state index in [1.165, 1.54) is 12.1 Å². The number of phenols is 2. The fourth-order valence-electron chi connectivity index (χ4n) is 1.06. The second-order valence-electron chi connectivity index (χ2n) is 3.67. The number of aromatic hydroxyl groups is 2. The number of hydrogen-bond acceptors (Lipinski definition) is 4. The van der Waals surface area contributed by atoms with Gasteiger partial charge in [0.25, 0.3) is 0 Å². The molecule has 15 heavy (non-hydrogen) atoms. The first-order chi connectivity index (χ1) is 6.83. The topological polar surface area (TPSA) is 74.6 Å². The normalized spacial score (nSPS) is 11.9. The second kappa shape index (κ2) is 4.10. The van der Waals surface area contributed by atoms with E-state index in [1.807, 2.05) is 0 Å². The molecule has 0 heterocycles. The molecule has 0 atom stereocenters. The van der Waals surface area contributed by atoms with Gasteiger partial charge in [0.05, 0.1) is 11.0 Å². The van der Waals surface area contributed by atoms with Crippen molar-refractivity contribution in [3.8, 4) is 11.5 Å². The van der Waals surface area contributed by atoms with Crippen molar-refractivity contribution in [2.75, 3.05) is 0 Å². The van der Waals surface area contributed by atoms with Gasteiger partial charge < -0.3 is 10.2 Å². The monoisotopic (exact) mass is 230 g/mol. The summed E-state index contributed by atoms with van der Waals surface area (Å²) in [6.07, 6.45) is 0. The zero-order valence-electron chi connectivity index (χ0n) is 8.64. The summed E-state index contributed by atoms with van der Waals surface area (Å²) in [7, 11) is -3.23. The van der Waals surface area contributed by atoms with Crippen LogP contribution in [0.3, 0.4) is 0 Å². The fraction of sp³-hybridized carbons (Fsp3) is 0.400. The predicted octanol–water partition coefficient (Wildman–Crippen LogP) is 1.42. The highest BCUT2D eigenvalue weighted by Crippen LogP contribution is 2.25. The molecule has 0 aromatic heterocycles. The third-order valence-corrected chi connectivity index (χ3v) is 4.29. The number of phenolic OH excluding ortho intramolecular Hbond substituents is 2. The molecule has 1 aromatic rings. The molecule has 2 N–H and O–H groups in total. The molecule has 5 heteroatoms. The van der Waals surface area contributed by atoms with Crippen LogP contribution in [0.4, 0.5) is 0 Å². The quantitative estimate of drug-likeness (QED) is 0.823. The highest BCUT2D eigenvalue weighted by Gasteiger charge is 2.18. The van der Waals surface area contributed by atoms with Gasteiger partial charge in [0.1, 0.15) is 11.5 Å². The van der Waals surface area contributed by atoms with Crippen molar-refractivity contribution in [3.05, 3.63) is 23.8 Å². The first-order valence-corrected chi connectivity index (χ1v) is 6.27. The Morgan fingerprint density at radius 2 is 1.87 bits per heavy atom. The maximum absolute atomic E-state index is 11.6. The Labute approximate surface area is 89.1 Å². The van der Waals surface area contributed by atoms with Crippen molar-refractivity contribution >= 4 is 9.84 Å². The lowest BCUT2D eigenvalue weighted by Gasteiger charge is -2.09. The van der Waals surface area contributed by atoms with Crippen molar-refractivity contribution in [3.63, 3.8) is 0 Å². The molecule has 84 valence electrons. The van der Waals surface area contributed by atoms with E-state index in [0.717, 1.165) is 6.07 Å². The molecule has 0 unspecified atom stereocenters. The highest BCUT2D eigenvalue weighted by molar-refractivity contribution is 7.91. The van der Waals surface area contributed by atoms with Gasteiger partial charge in [-0.1, -0.05) is 6.07 Å². The number of hydrogen-bond donors (Lipinski definition) is 2. The molecule has 0 aliphatic carbocycles. The summed E-state index contributed by atoms with van der Waals surface area (Å²) in [6, 6.07) is 3.89. The molecule has 0 fully saturated rings. The van der Waals surface area contributed by atoms with E-state index < -0.39 is 15.1 Å². The summed E-state index contributed by atoms with van der Waals surface area (Å²) in [5.41, 5.74) is 0.307. The van der Waals surface area contributed by atoms with Crippen LogP contribution in [0.25, 0.3) is 0 Å². The maximum atomic E-state index is 11.6. The summed E-state index contributed by atoms with van der Waals surface area (Å²) in [4.78, 5) is 0. The van der Waals surface area contributed by atoms with Crippen LogP contribution in [-0.4, -0.2) is 23.9 Å². The minimum Gasteiger partial charge on any atom is -0.508 e. The summed E-state index contributed by atoms with van der Waals surface area (Å²) in [5, 5.41) is 18.0. The first kappa shape index (κ1) is 11.8. The smallest absolute Gasteiger partial charge is 0.156 e. The molecule has 1 rings (SSSR count).